The number of aromatic nitrogens is 1. The van der Waals surface area contributed by atoms with Crippen molar-refractivity contribution < 1.29 is 9.59 Å². The van der Waals surface area contributed by atoms with Gasteiger partial charge in [-0.3, -0.25) is 9.59 Å². The Morgan fingerprint density at radius 2 is 1.95 bits per heavy atom. The number of ketones is 1. The van der Waals surface area contributed by atoms with Crippen molar-refractivity contribution >= 4 is 11.7 Å². The first-order valence-electron chi connectivity index (χ1n) is 8.15. The van der Waals surface area contributed by atoms with Crippen molar-refractivity contribution in [2.45, 2.75) is 40.0 Å². The molecule has 1 aliphatic rings. The fourth-order valence-electron chi connectivity index (χ4n) is 3.48. The van der Waals surface area contributed by atoms with Crippen LogP contribution in [-0.2, 0) is 6.42 Å². The molecule has 1 aromatic rings. The maximum Gasteiger partial charge on any atom is 0.270 e. The van der Waals surface area contributed by atoms with Crippen LogP contribution in [0.15, 0.2) is 0 Å². The van der Waals surface area contributed by atoms with E-state index in [1.54, 1.807) is 6.92 Å². The Morgan fingerprint density at radius 3 is 2.45 bits per heavy atom. The molecule has 1 amide bonds. The number of rotatable bonds is 5. The van der Waals surface area contributed by atoms with Crippen LogP contribution in [0, 0.1) is 12.8 Å². The van der Waals surface area contributed by atoms with Crippen LogP contribution in [-0.4, -0.2) is 48.3 Å². The van der Waals surface area contributed by atoms with Gasteiger partial charge in [0.05, 0.1) is 0 Å². The van der Waals surface area contributed by atoms with E-state index in [1.807, 2.05) is 25.8 Å². The van der Waals surface area contributed by atoms with Crippen molar-refractivity contribution in [2.24, 2.45) is 5.92 Å². The van der Waals surface area contributed by atoms with E-state index in [2.05, 4.69) is 10.3 Å². The number of carbonyl (C=O) groups excluding carboxylic acids is 2. The van der Waals surface area contributed by atoms with Crippen molar-refractivity contribution in [1.82, 2.24) is 15.2 Å². The van der Waals surface area contributed by atoms with Crippen molar-refractivity contribution in [3.05, 3.63) is 22.5 Å². The van der Waals surface area contributed by atoms with Crippen LogP contribution in [0.25, 0.3) is 0 Å². The molecular formula is C17H27N3O2. The van der Waals surface area contributed by atoms with Crippen LogP contribution in [0.5, 0.6) is 0 Å². The summed E-state index contributed by atoms with van der Waals surface area (Å²) >= 11 is 0. The molecule has 2 heterocycles. The zero-order chi connectivity index (χ0) is 16.3. The molecule has 1 aromatic heterocycles. The number of H-pyrrole nitrogens is 1. The van der Waals surface area contributed by atoms with Gasteiger partial charge >= 0.3 is 0 Å². The largest absolute Gasteiger partial charge is 0.354 e. The Morgan fingerprint density at radius 1 is 1.32 bits per heavy atom. The number of nitrogens with zero attached hydrogens (tertiary/aromatic N) is 1. The average Bonchev–Trinajstić information content (AvgIpc) is 2.84. The van der Waals surface area contributed by atoms with Crippen LogP contribution in [0.3, 0.4) is 0 Å². The summed E-state index contributed by atoms with van der Waals surface area (Å²) in [6.07, 6.45) is 2.76. The SMILES string of the molecule is CCc1c(C(=O)N2CCC(CNC)CC2)[nH]c(C)c1C(C)=O. The molecule has 0 spiro atoms. The number of hydrogen-bond acceptors (Lipinski definition) is 3. The number of aryl methyl sites for hydroxylation is 1. The molecular weight excluding hydrogens is 278 g/mol. The van der Waals surface area contributed by atoms with E-state index in [0.29, 0.717) is 23.6 Å². The number of piperidine rings is 1. The topological polar surface area (TPSA) is 65.2 Å². The molecule has 1 aliphatic heterocycles. The lowest BCUT2D eigenvalue weighted by Gasteiger charge is -2.32. The van der Waals surface area contributed by atoms with E-state index in [0.717, 1.165) is 43.7 Å². The highest BCUT2D eigenvalue weighted by Gasteiger charge is 2.28. The average molecular weight is 305 g/mol. The smallest absolute Gasteiger partial charge is 0.270 e. The molecule has 2 rings (SSSR count). The van der Waals surface area contributed by atoms with Gasteiger partial charge in [-0.05, 0) is 58.2 Å². The monoisotopic (exact) mass is 305 g/mol. The van der Waals surface area contributed by atoms with Crippen LogP contribution < -0.4 is 5.32 Å². The molecule has 5 nitrogen and oxygen atoms in total. The highest BCUT2D eigenvalue weighted by molar-refractivity contribution is 6.02. The molecule has 22 heavy (non-hydrogen) atoms. The number of likely N-dealkylation sites (tertiary alicyclic amines) is 1. The molecule has 0 aliphatic carbocycles. The van der Waals surface area contributed by atoms with Gasteiger partial charge in [-0.15, -0.1) is 0 Å². The fraction of sp³-hybridized carbons (Fsp3) is 0.647. The Balaban J connectivity index is 2.17. The molecule has 0 aromatic carbocycles. The summed E-state index contributed by atoms with van der Waals surface area (Å²) < 4.78 is 0. The van der Waals surface area contributed by atoms with E-state index in [4.69, 9.17) is 0 Å². The predicted molar refractivity (Wildman–Crippen MR) is 87.5 cm³/mol. The number of carbonyl (C=O) groups is 2. The van der Waals surface area contributed by atoms with Crippen LogP contribution >= 0.6 is 0 Å². The Bertz CT molecular complexity index is 554. The molecule has 5 heteroatoms. The van der Waals surface area contributed by atoms with Gasteiger partial charge in [0.25, 0.3) is 5.91 Å². The minimum absolute atomic E-state index is 0.0254. The molecule has 1 saturated heterocycles. The van der Waals surface area contributed by atoms with Crippen molar-refractivity contribution in [1.29, 1.82) is 0 Å². The second kappa shape index (κ2) is 7.09. The lowest BCUT2D eigenvalue weighted by molar-refractivity contribution is 0.0684. The Labute approximate surface area is 132 Å². The van der Waals surface area contributed by atoms with Gasteiger partial charge in [-0.25, -0.2) is 0 Å². The van der Waals surface area contributed by atoms with Crippen molar-refractivity contribution in [3.63, 3.8) is 0 Å². The van der Waals surface area contributed by atoms with Gasteiger partial charge in [0.15, 0.2) is 5.78 Å². The molecule has 0 radical (unpaired) electrons. The van der Waals surface area contributed by atoms with Crippen LogP contribution in [0.1, 0.15) is 58.8 Å². The molecule has 0 unspecified atom stereocenters. The van der Waals surface area contributed by atoms with Gasteiger partial charge in [0, 0.05) is 24.3 Å². The summed E-state index contributed by atoms with van der Waals surface area (Å²) in [6, 6.07) is 0. The predicted octanol–water partition coefficient (Wildman–Crippen LogP) is 2.16. The first-order valence-corrected chi connectivity index (χ1v) is 8.15. The summed E-state index contributed by atoms with van der Waals surface area (Å²) in [7, 11) is 1.97. The van der Waals surface area contributed by atoms with Gasteiger partial charge in [-0.2, -0.15) is 0 Å². The minimum Gasteiger partial charge on any atom is -0.354 e. The maximum absolute atomic E-state index is 12.8. The normalized spacial score (nSPS) is 16.1. The minimum atomic E-state index is 0.0254. The third-order valence-corrected chi connectivity index (χ3v) is 4.61. The zero-order valence-corrected chi connectivity index (χ0v) is 14.1. The molecule has 2 N–H and O–H groups in total. The molecule has 122 valence electrons. The van der Waals surface area contributed by atoms with Crippen LogP contribution in [0.2, 0.25) is 0 Å². The highest BCUT2D eigenvalue weighted by atomic mass is 16.2. The molecule has 0 bridgehead atoms. The summed E-state index contributed by atoms with van der Waals surface area (Å²) in [5.41, 5.74) is 2.97. The summed E-state index contributed by atoms with van der Waals surface area (Å²) in [4.78, 5) is 29.7. The number of nitrogens with one attached hydrogen (secondary N) is 2. The lowest BCUT2D eigenvalue weighted by atomic mass is 9.96. The Hall–Kier alpha value is -1.62. The number of Topliss-reactive ketones (excluding diaryl/α,β-unsaturated/α-hetero) is 1. The molecule has 0 saturated carbocycles. The van der Waals surface area contributed by atoms with Gasteiger partial charge in [0.1, 0.15) is 5.69 Å². The second-order valence-electron chi connectivity index (χ2n) is 6.18. The lowest BCUT2D eigenvalue weighted by Crippen LogP contribution is -2.40. The highest BCUT2D eigenvalue weighted by Crippen LogP contribution is 2.24. The third kappa shape index (κ3) is 3.24. The number of aromatic amines is 1. The molecule has 1 fully saturated rings. The van der Waals surface area contributed by atoms with E-state index in [-0.39, 0.29) is 11.7 Å². The zero-order valence-electron chi connectivity index (χ0n) is 14.1. The fourth-order valence-corrected chi connectivity index (χ4v) is 3.48. The summed E-state index contributed by atoms with van der Waals surface area (Å²) in [5, 5.41) is 3.21. The maximum atomic E-state index is 12.8. The Kier molecular flexibility index (Phi) is 5.40. The second-order valence-corrected chi connectivity index (χ2v) is 6.18. The third-order valence-electron chi connectivity index (χ3n) is 4.61. The van der Waals surface area contributed by atoms with Gasteiger partial charge in [0.2, 0.25) is 0 Å². The van der Waals surface area contributed by atoms with Crippen LogP contribution in [0.4, 0.5) is 0 Å². The van der Waals surface area contributed by atoms with Gasteiger partial charge < -0.3 is 15.2 Å². The van der Waals surface area contributed by atoms with Crippen molar-refractivity contribution in [2.75, 3.05) is 26.7 Å². The quantitative estimate of drug-likeness (QED) is 0.819. The standard InChI is InChI=1S/C17H27N3O2/c1-5-14-15(12(3)21)11(2)19-16(14)17(22)20-8-6-13(7-9-20)10-18-4/h13,18-19H,5-10H2,1-4H3. The van der Waals surface area contributed by atoms with E-state index < -0.39 is 0 Å². The summed E-state index contributed by atoms with van der Waals surface area (Å²) in [6.45, 7) is 8.02. The number of amides is 1. The first-order chi connectivity index (χ1) is 10.5. The summed E-state index contributed by atoms with van der Waals surface area (Å²) in [5.74, 6) is 0.714. The van der Waals surface area contributed by atoms with E-state index in [1.165, 1.54) is 0 Å². The first kappa shape index (κ1) is 16.7. The van der Waals surface area contributed by atoms with E-state index in [9.17, 15) is 9.59 Å². The van der Waals surface area contributed by atoms with E-state index >= 15 is 0 Å². The number of hydrogen-bond donors (Lipinski definition) is 2. The van der Waals surface area contributed by atoms with Gasteiger partial charge in [-0.1, -0.05) is 6.92 Å². The molecule has 0 atom stereocenters. The van der Waals surface area contributed by atoms with Crippen molar-refractivity contribution in [3.8, 4) is 0 Å².